The number of carboxylic acids is 1. The molecule has 7 nitrogen and oxygen atoms in total. The molecule has 0 aliphatic rings. The monoisotopic (exact) mass is 439 g/mol. The van der Waals surface area contributed by atoms with Gasteiger partial charge in [0.2, 0.25) is 0 Å². The third-order valence-electron chi connectivity index (χ3n) is 5.84. The van der Waals surface area contributed by atoms with Crippen molar-refractivity contribution in [2.75, 3.05) is 0 Å². The van der Waals surface area contributed by atoms with Gasteiger partial charge in [-0.15, -0.1) is 4.52 Å². The Morgan fingerprint density at radius 2 is 1.88 bits per heavy atom. The molecular formula is C26H23N4O3+. The maximum atomic E-state index is 12.4. The number of aryl methyl sites for hydroxylation is 2. The lowest BCUT2D eigenvalue weighted by Crippen LogP contribution is -2.29. The van der Waals surface area contributed by atoms with E-state index in [1.807, 2.05) is 92.3 Å². The van der Waals surface area contributed by atoms with Crippen LogP contribution in [0.25, 0.3) is 22.3 Å². The quantitative estimate of drug-likeness (QED) is 0.405. The minimum Gasteiger partial charge on any atom is -0.485 e. The Hall–Kier alpha value is -4.26. The van der Waals surface area contributed by atoms with E-state index in [9.17, 15) is 9.90 Å². The second-order valence-electron chi connectivity index (χ2n) is 8.02. The Balaban J connectivity index is 1.70. The lowest BCUT2D eigenvalue weighted by atomic mass is 10.0. The van der Waals surface area contributed by atoms with Crippen LogP contribution in [0.1, 0.15) is 40.2 Å². The minimum atomic E-state index is -1.04. The van der Waals surface area contributed by atoms with Crippen molar-refractivity contribution >= 4 is 16.9 Å². The van der Waals surface area contributed by atoms with Crippen molar-refractivity contribution < 1.29 is 19.2 Å². The Labute approximate surface area is 190 Å². The average Bonchev–Trinajstić information content (AvgIpc) is 3.17. The summed E-state index contributed by atoms with van der Waals surface area (Å²) in [6, 6.07) is 18.9. The predicted octanol–water partition coefficient (Wildman–Crippen LogP) is 4.59. The molecule has 0 radical (unpaired) electrons. The van der Waals surface area contributed by atoms with Crippen LogP contribution in [0.2, 0.25) is 0 Å². The number of fused-ring (bicyclic) bond motifs is 2. The van der Waals surface area contributed by atoms with E-state index in [2.05, 4.69) is 5.10 Å². The minimum absolute atomic E-state index is 0.135. The molecule has 3 aromatic heterocycles. The molecule has 33 heavy (non-hydrogen) atoms. The summed E-state index contributed by atoms with van der Waals surface area (Å²) in [5, 5.41) is 15.2. The summed E-state index contributed by atoms with van der Waals surface area (Å²) < 4.78 is 9.83. The number of hydrogen-bond donors (Lipinski definition) is 1. The van der Waals surface area contributed by atoms with Gasteiger partial charge in [-0.05, 0) is 53.9 Å². The molecule has 3 heterocycles. The van der Waals surface area contributed by atoms with Crippen molar-refractivity contribution in [2.45, 2.75) is 26.9 Å². The molecule has 0 fully saturated rings. The number of pyridine rings is 1. The summed E-state index contributed by atoms with van der Waals surface area (Å²) in [4.78, 5) is 17.2. The van der Waals surface area contributed by atoms with Crippen molar-refractivity contribution in [3.05, 3.63) is 95.4 Å². The number of benzene rings is 2. The number of nitrogens with zero attached hydrogens (tertiary/aromatic N) is 4. The molecule has 7 heteroatoms. The van der Waals surface area contributed by atoms with Gasteiger partial charge in [0.05, 0.1) is 27.8 Å². The summed E-state index contributed by atoms with van der Waals surface area (Å²) in [5.74, 6) is -0.551. The SMILES string of the molecule is Cc1ccc(O[C@H](C)c2ccccc2)c2c(C(=O)O)cc(-c3nn4cccc[n+]4c3C)nc12. The molecule has 0 aliphatic heterocycles. The highest BCUT2D eigenvalue weighted by molar-refractivity contribution is 6.07. The second kappa shape index (κ2) is 8.02. The molecule has 0 unspecified atom stereocenters. The van der Waals surface area contributed by atoms with Crippen molar-refractivity contribution in [3.63, 3.8) is 0 Å². The Morgan fingerprint density at radius 3 is 2.61 bits per heavy atom. The second-order valence-corrected chi connectivity index (χ2v) is 8.02. The largest absolute Gasteiger partial charge is 0.485 e. The Kier molecular flexibility index (Phi) is 5.01. The van der Waals surface area contributed by atoms with Gasteiger partial charge < -0.3 is 9.84 Å². The van der Waals surface area contributed by atoms with Crippen LogP contribution >= 0.6 is 0 Å². The maximum absolute atomic E-state index is 12.4. The van der Waals surface area contributed by atoms with Crippen LogP contribution in [-0.2, 0) is 0 Å². The predicted molar refractivity (Wildman–Crippen MR) is 124 cm³/mol. The van der Waals surface area contributed by atoms with E-state index in [1.54, 1.807) is 10.7 Å². The highest BCUT2D eigenvalue weighted by atomic mass is 16.5. The first-order valence-corrected chi connectivity index (χ1v) is 10.7. The highest BCUT2D eigenvalue weighted by Gasteiger charge is 2.25. The van der Waals surface area contributed by atoms with Crippen molar-refractivity contribution in [1.82, 2.24) is 14.7 Å². The number of carboxylic acid groups (broad SMARTS) is 1. The molecule has 0 saturated carbocycles. The van der Waals surface area contributed by atoms with Crippen LogP contribution in [-0.4, -0.2) is 25.8 Å². The zero-order chi connectivity index (χ0) is 23.1. The van der Waals surface area contributed by atoms with E-state index in [0.29, 0.717) is 28.0 Å². The highest BCUT2D eigenvalue weighted by Crippen LogP contribution is 2.35. The number of aromatic carboxylic acids is 1. The van der Waals surface area contributed by atoms with E-state index >= 15 is 0 Å². The molecule has 0 saturated heterocycles. The maximum Gasteiger partial charge on any atom is 0.336 e. The van der Waals surface area contributed by atoms with Crippen molar-refractivity contribution in [1.29, 1.82) is 0 Å². The molecule has 164 valence electrons. The number of carbonyl (C=O) groups is 1. The van der Waals surface area contributed by atoms with Gasteiger partial charge >= 0.3 is 5.97 Å². The van der Waals surface area contributed by atoms with Crippen LogP contribution in [0.5, 0.6) is 5.75 Å². The summed E-state index contributed by atoms with van der Waals surface area (Å²) in [6.07, 6.45) is 3.47. The first-order valence-electron chi connectivity index (χ1n) is 10.7. The van der Waals surface area contributed by atoms with E-state index < -0.39 is 5.97 Å². The van der Waals surface area contributed by atoms with Gasteiger partial charge in [0, 0.05) is 6.92 Å². The summed E-state index contributed by atoms with van der Waals surface area (Å²) in [6.45, 7) is 5.80. The van der Waals surface area contributed by atoms with Gasteiger partial charge in [-0.3, -0.25) is 0 Å². The molecular weight excluding hydrogens is 416 g/mol. The van der Waals surface area contributed by atoms with E-state index in [1.165, 1.54) is 0 Å². The van der Waals surface area contributed by atoms with Gasteiger partial charge in [0.25, 0.3) is 5.69 Å². The molecule has 0 bridgehead atoms. The number of hydrogen-bond acceptors (Lipinski definition) is 4. The molecule has 1 N–H and O–H groups in total. The van der Waals surface area contributed by atoms with E-state index in [4.69, 9.17) is 9.72 Å². The van der Waals surface area contributed by atoms with Crippen LogP contribution in [0.3, 0.4) is 0 Å². The third kappa shape index (κ3) is 3.57. The van der Waals surface area contributed by atoms with Crippen LogP contribution < -0.4 is 9.25 Å². The molecule has 0 aliphatic carbocycles. The molecule has 5 aromatic rings. The zero-order valence-corrected chi connectivity index (χ0v) is 18.6. The third-order valence-corrected chi connectivity index (χ3v) is 5.84. The molecule has 5 rings (SSSR count). The first-order chi connectivity index (χ1) is 15.9. The molecule has 2 aromatic carbocycles. The van der Waals surface area contributed by atoms with Crippen LogP contribution in [0.4, 0.5) is 0 Å². The van der Waals surface area contributed by atoms with E-state index in [0.717, 1.165) is 16.8 Å². The number of ether oxygens (including phenoxy) is 1. The Bertz CT molecular complexity index is 1510. The van der Waals surface area contributed by atoms with E-state index in [-0.39, 0.29) is 11.7 Å². The average molecular weight is 439 g/mol. The van der Waals surface area contributed by atoms with Gasteiger partial charge in [-0.2, -0.15) is 0 Å². The summed E-state index contributed by atoms with van der Waals surface area (Å²) in [5.41, 5.74) is 4.58. The van der Waals surface area contributed by atoms with Gasteiger partial charge in [0.1, 0.15) is 23.7 Å². The normalized spacial score (nSPS) is 12.2. The van der Waals surface area contributed by atoms with Gasteiger partial charge in [-0.25, -0.2) is 9.78 Å². The standard InChI is InChI=1S/C26H22N4O3/c1-16-11-12-22(33-18(3)19-9-5-4-6-10-19)23-20(26(31)32)15-21(27-24(16)23)25-17(2)29-13-7-8-14-30(29)28-25/h4-15,18H,1-3H3/p+1/t18-/m1/s1. The first kappa shape index (κ1) is 20.6. The van der Waals surface area contributed by atoms with Crippen LogP contribution in [0.15, 0.2) is 73.1 Å². The zero-order valence-electron chi connectivity index (χ0n) is 18.6. The lowest BCUT2D eigenvalue weighted by molar-refractivity contribution is -0.628. The number of rotatable bonds is 5. The van der Waals surface area contributed by atoms with Crippen LogP contribution in [0, 0.1) is 13.8 Å². The van der Waals surface area contributed by atoms with Crippen molar-refractivity contribution in [3.8, 4) is 17.1 Å². The van der Waals surface area contributed by atoms with Gasteiger partial charge in [0.15, 0.2) is 5.69 Å². The molecule has 0 amide bonds. The van der Waals surface area contributed by atoms with Gasteiger partial charge in [-0.1, -0.05) is 36.4 Å². The lowest BCUT2D eigenvalue weighted by Gasteiger charge is -2.18. The number of aromatic nitrogens is 4. The fourth-order valence-corrected chi connectivity index (χ4v) is 4.08. The topological polar surface area (TPSA) is 80.8 Å². The molecule has 0 spiro atoms. The fraction of sp³-hybridized carbons (Fsp3) is 0.154. The fourth-order valence-electron chi connectivity index (χ4n) is 4.08. The smallest absolute Gasteiger partial charge is 0.336 e. The summed E-state index contributed by atoms with van der Waals surface area (Å²) >= 11 is 0. The molecule has 1 atom stereocenters. The Morgan fingerprint density at radius 1 is 1.09 bits per heavy atom. The summed E-state index contributed by atoms with van der Waals surface area (Å²) in [7, 11) is 0. The van der Waals surface area contributed by atoms with Crippen molar-refractivity contribution in [2.24, 2.45) is 0 Å².